The molecule has 2 heterocycles. The van der Waals surface area contributed by atoms with E-state index in [9.17, 15) is 17.6 Å². The number of hydrogen-bond donors (Lipinski definition) is 0. The van der Waals surface area contributed by atoms with Crippen molar-refractivity contribution in [3.63, 3.8) is 0 Å². The van der Waals surface area contributed by atoms with Crippen LogP contribution in [0.3, 0.4) is 0 Å². The predicted molar refractivity (Wildman–Crippen MR) is 109 cm³/mol. The summed E-state index contributed by atoms with van der Waals surface area (Å²) in [7, 11) is -3.32. The predicted octanol–water partition coefficient (Wildman–Crippen LogP) is 3.49. The Morgan fingerprint density at radius 2 is 1.83 bits per heavy atom. The molecule has 0 radical (unpaired) electrons. The van der Waals surface area contributed by atoms with Gasteiger partial charge in [0.2, 0.25) is 0 Å². The first-order chi connectivity index (χ1) is 13.8. The molecular weight excluding hydrogens is 419 g/mol. The van der Waals surface area contributed by atoms with Gasteiger partial charge in [0.1, 0.15) is 11.6 Å². The van der Waals surface area contributed by atoms with Crippen molar-refractivity contribution >= 4 is 33.2 Å². The van der Waals surface area contributed by atoms with Crippen molar-refractivity contribution in [3.8, 4) is 5.75 Å². The average Bonchev–Trinajstić information content (AvgIpc) is 3.09. The fraction of sp³-hybridized carbons (Fsp3) is 0.350. The third-order valence-electron chi connectivity index (χ3n) is 5.29. The van der Waals surface area contributed by atoms with Crippen LogP contribution in [-0.4, -0.2) is 49.5 Å². The van der Waals surface area contributed by atoms with Gasteiger partial charge in [0, 0.05) is 16.3 Å². The van der Waals surface area contributed by atoms with E-state index in [0.717, 1.165) is 0 Å². The van der Waals surface area contributed by atoms with Crippen LogP contribution in [0.5, 0.6) is 5.75 Å². The molecule has 0 N–H and O–H groups in total. The van der Waals surface area contributed by atoms with Crippen LogP contribution in [0.25, 0.3) is 0 Å². The number of ether oxygens (including phenoxy) is 1. The van der Waals surface area contributed by atoms with E-state index < -0.39 is 27.7 Å². The molecule has 29 heavy (non-hydrogen) atoms. The Balaban J connectivity index is 1.69. The molecule has 0 bridgehead atoms. The number of rotatable bonds is 5. The number of halogens is 2. The highest BCUT2D eigenvalue weighted by molar-refractivity contribution is 7.91. The van der Waals surface area contributed by atoms with Crippen LogP contribution >= 0.6 is 11.6 Å². The van der Waals surface area contributed by atoms with Crippen LogP contribution in [0, 0.1) is 5.82 Å². The molecule has 0 saturated carbocycles. The zero-order valence-corrected chi connectivity index (χ0v) is 17.3. The maximum Gasteiger partial charge on any atom is 0.325 e. The van der Waals surface area contributed by atoms with Crippen LogP contribution in [0.1, 0.15) is 12.5 Å². The van der Waals surface area contributed by atoms with Gasteiger partial charge in [-0.15, -0.1) is 0 Å². The molecule has 2 aliphatic heterocycles. The number of nitrogens with zero attached hydrogens (tertiary/aromatic N) is 2. The van der Waals surface area contributed by atoms with Gasteiger partial charge in [0.25, 0.3) is 0 Å². The summed E-state index contributed by atoms with van der Waals surface area (Å²) in [6, 6.07) is 9.78. The first-order valence-electron chi connectivity index (χ1n) is 9.26. The molecule has 0 aliphatic carbocycles. The fourth-order valence-corrected chi connectivity index (χ4v) is 6.16. The Bertz CT molecular complexity index is 1020. The van der Waals surface area contributed by atoms with E-state index in [0.29, 0.717) is 18.0 Å². The van der Waals surface area contributed by atoms with Crippen LogP contribution in [0.2, 0.25) is 5.02 Å². The summed E-state index contributed by atoms with van der Waals surface area (Å²) in [5, 5.41) is 0.203. The third kappa shape index (κ3) is 3.67. The lowest BCUT2D eigenvalue weighted by molar-refractivity contribution is 0.205. The van der Waals surface area contributed by atoms with Gasteiger partial charge < -0.3 is 9.64 Å². The maximum atomic E-state index is 14.3. The molecule has 2 aromatic carbocycles. The van der Waals surface area contributed by atoms with Gasteiger partial charge in [-0.1, -0.05) is 17.7 Å². The minimum atomic E-state index is -3.32. The van der Waals surface area contributed by atoms with Crippen molar-refractivity contribution in [2.45, 2.75) is 25.6 Å². The van der Waals surface area contributed by atoms with Gasteiger partial charge in [-0.05, 0) is 43.3 Å². The highest BCUT2D eigenvalue weighted by Crippen LogP contribution is 2.37. The Kier molecular flexibility index (Phi) is 5.16. The number of amides is 2. The summed E-state index contributed by atoms with van der Waals surface area (Å²) in [5.41, 5.74) is 0.756. The summed E-state index contributed by atoms with van der Waals surface area (Å²) in [6.45, 7) is 2.30. The lowest BCUT2D eigenvalue weighted by Gasteiger charge is -2.23. The van der Waals surface area contributed by atoms with Crippen LogP contribution in [0.4, 0.5) is 14.9 Å². The average molecular weight is 439 g/mol. The maximum absolute atomic E-state index is 14.3. The quantitative estimate of drug-likeness (QED) is 0.670. The van der Waals surface area contributed by atoms with Crippen molar-refractivity contribution < 1.29 is 22.3 Å². The Labute approximate surface area is 173 Å². The fourth-order valence-electron chi connectivity index (χ4n) is 3.99. The molecule has 2 atom stereocenters. The summed E-state index contributed by atoms with van der Waals surface area (Å²) in [4.78, 5) is 16.1. The van der Waals surface area contributed by atoms with E-state index in [4.69, 9.17) is 16.3 Å². The molecule has 0 unspecified atom stereocenters. The molecule has 9 heteroatoms. The molecule has 2 amide bonds. The zero-order valence-electron chi connectivity index (χ0n) is 15.7. The number of sulfone groups is 1. The highest BCUT2D eigenvalue weighted by atomic mass is 35.5. The number of carbonyl (C=O) groups excluding carboxylic acids is 1. The summed E-state index contributed by atoms with van der Waals surface area (Å²) in [6.07, 6.45) is 0. The number of hydrogen-bond acceptors (Lipinski definition) is 4. The number of urea groups is 1. The molecule has 154 valence electrons. The zero-order chi connectivity index (χ0) is 20.8. The van der Waals surface area contributed by atoms with Gasteiger partial charge in [-0.3, -0.25) is 4.90 Å². The van der Waals surface area contributed by atoms with Gasteiger partial charge >= 0.3 is 6.03 Å². The van der Waals surface area contributed by atoms with E-state index in [1.165, 1.54) is 21.9 Å². The lowest BCUT2D eigenvalue weighted by Crippen LogP contribution is -2.37. The number of fused-ring (bicyclic) bond motifs is 1. The lowest BCUT2D eigenvalue weighted by atomic mass is 10.1. The van der Waals surface area contributed by atoms with Gasteiger partial charge in [0.15, 0.2) is 9.84 Å². The minimum Gasteiger partial charge on any atom is -0.494 e. The third-order valence-corrected chi connectivity index (χ3v) is 7.35. The van der Waals surface area contributed by atoms with Crippen LogP contribution in [-0.2, 0) is 16.4 Å². The molecule has 0 aromatic heterocycles. The van der Waals surface area contributed by atoms with Crippen LogP contribution < -0.4 is 9.64 Å². The highest BCUT2D eigenvalue weighted by Gasteiger charge is 2.54. The Morgan fingerprint density at radius 3 is 2.48 bits per heavy atom. The molecule has 2 saturated heterocycles. The molecular formula is C20H20ClFN2O4S. The molecule has 2 aliphatic rings. The topological polar surface area (TPSA) is 66.9 Å². The molecule has 6 nitrogen and oxygen atoms in total. The molecule has 0 spiro atoms. The van der Waals surface area contributed by atoms with E-state index in [1.54, 1.807) is 30.3 Å². The van der Waals surface area contributed by atoms with Gasteiger partial charge in [-0.25, -0.2) is 17.6 Å². The normalized spacial score (nSPS) is 22.8. The molecule has 2 fully saturated rings. The summed E-state index contributed by atoms with van der Waals surface area (Å²) in [5.74, 6) is -0.142. The number of benzene rings is 2. The number of carbonyl (C=O) groups is 1. The van der Waals surface area contributed by atoms with Gasteiger partial charge in [-0.2, -0.15) is 0 Å². The van der Waals surface area contributed by atoms with Crippen LogP contribution in [0.15, 0.2) is 42.5 Å². The van der Waals surface area contributed by atoms with E-state index in [1.807, 2.05) is 6.92 Å². The Hall–Kier alpha value is -2.32. The largest absolute Gasteiger partial charge is 0.494 e. The second-order valence-corrected chi connectivity index (χ2v) is 9.68. The summed E-state index contributed by atoms with van der Waals surface area (Å²) < 4.78 is 44.4. The van der Waals surface area contributed by atoms with Crippen molar-refractivity contribution in [1.29, 1.82) is 0 Å². The van der Waals surface area contributed by atoms with E-state index in [-0.39, 0.29) is 34.7 Å². The first-order valence-corrected chi connectivity index (χ1v) is 11.5. The van der Waals surface area contributed by atoms with Crippen molar-refractivity contribution in [3.05, 3.63) is 58.9 Å². The second kappa shape index (κ2) is 7.50. The Morgan fingerprint density at radius 1 is 1.14 bits per heavy atom. The minimum absolute atomic E-state index is 0.0887. The van der Waals surface area contributed by atoms with Crippen molar-refractivity contribution in [2.24, 2.45) is 0 Å². The molecule has 2 aromatic rings. The SMILES string of the molecule is CCOc1ccc(N2C(=O)N(Cc3c(F)cccc3Cl)[C@@H]3CS(=O)(=O)C[C@H]32)cc1. The molecule has 4 rings (SSSR count). The first kappa shape index (κ1) is 20.0. The van der Waals surface area contributed by atoms with Crippen molar-refractivity contribution in [2.75, 3.05) is 23.0 Å². The smallest absolute Gasteiger partial charge is 0.325 e. The van der Waals surface area contributed by atoms with E-state index in [2.05, 4.69) is 0 Å². The number of anilines is 1. The van der Waals surface area contributed by atoms with Gasteiger partial charge in [0.05, 0.1) is 36.7 Å². The standard InChI is InChI=1S/C20H20ClFN2O4S/c1-2-28-14-8-6-13(7-9-14)24-19-12-29(26,27)11-18(19)23(20(24)25)10-15-16(21)4-3-5-17(15)22/h3-9,18-19H,2,10-12H2,1H3/t18-,19-/m1/s1. The second-order valence-electron chi connectivity index (χ2n) is 7.12. The summed E-state index contributed by atoms with van der Waals surface area (Å²) >= 11 is 6.13. The van der Waals surface area contributed by atoms with Crippen molar-refractivity contribution in [1.82, 2.24) is 4.90 Å². The van der Waals surface area contributed by atoms with E-state index >= 15 is 0 Å². The monoisotopic (exact) mass is 438 g/mol.